The van der Waals surface area contributed by atoms with Gasteiger partial charge in [-0.25, -0.2) is 0 Å². The van der Waals surface area contributed by atoms with Crippen LogP contribution in [0.1, 0.15) is 22.3 Å². The number of fused-ring (bicyclic) bond motifs is 3. The summed E-state index contributed by atoms with van der Waals surface area (Å²) in [4.78, 5) is 0. The molecule has 0 saturated heterocycles. The molecule has 4 aromatic rings. The third-order valence-electron chi connectivity index (χ3n) is 5.50. The summed E-state index contributed by atoms with van der Waals surface area (Å²) in [7, 11) is 0. The van der Waals surface area contributed by atoms with E-state index in [1.165, 1.54) is 33.4 Å². The second-order valence-electron chi connectivity index (χ2n) is 6.83. The molecular formula is C25H16Br2. The van der Waals surface area contributed by atoms with Crippen molar-refractivity contribution in [2.24, 2.45) is 0 Å². The maximum Gasteiger partial charge on any atom is 0.0713 e. The van der Waals surface area contributed by atoms with Gasteiger partial charge in [0.2, 0.25) is 0 Å². The van der Waals surface area contributed by atoms with E-state index in [0.29, 0.717) is 0 Å². The van der Waals surface area contributed by atoms with Gasteiger partial charge < -0.3 is 0 Å². The molecule has 0 heterocycles. The van der Waals surface area contributed by atoms with Gasteiger partial charge in [-0.1, -0.05) is 111 Å². The highest BCUT2D eigenvalue weighted by Crippen LogP contribution is 2.57. The quantitative estimate of drug-likeness (QED) is 0.247. The first-order valence-electron chi connectivity index (χ1n) is 8.93. The third kappa shape index (κ3) is 2.40. The van der Waals surface area contributed by atoms with Crippen molar-refractivity contribution in [2.75, 3.05) is 0 Å². The Balaban J connectivity index is 1.98. The van der Waals surface area contributed by atoms with Gasteiger partial charge in [-0.3, -0.25) is 0 Å². The number of halogens is 2. The molecule has 4 aromatic carbocycles. The first-order chi connectivity index (χ1) is 13.2. The highest BCUT2D eigenvalue weighted by molar-refractivity contribution is 9.10. The smallest absolute Gasteiger partial charge is 0.0622 e. The van der Waals surface area contributed by atoms with Crippen LogP contribution >= 0.6 is 31.9 Å². The van der Waals surface area contributed by atoms with E-state index in [1.54, 1.807) is 0 Å². The summed E-state index contributed by atoms with van der Waals surface area (Å²) in [6, 6.07) is 34.9. The van der Waals surface area contributed by atoms with Crippen LogP contribution in [0.2, 0.25) is 0 Å². The standard InChI is InChI=1S/C25H16Br2/c26-19-15-13-18(14-16-19)25(17-7-2-1-3-8-17)21-10-5-4-9-20(21)24-22(25)11-6-12-23(24)27/h1-16H. The van der Waals surface area contributed by atoms with E-state index in [9.17, 15) is 0 Å². The van der Waals surface area contributed by atoms with Crippen molar-refractivity contribution in [1.82, 2.24) is 0 Å². The summed E-state index contributed by atoms with van der Waals surface area (Å²) >= 11 is 7.41. The largest absolute Gasteiger partial charge is 0.0713 e. The van der Waals surface area contributed by atoms with Crippen molar-refractivity contribution in [1.29, 1.82) is 0 Å². The highest BCUT2D eigenvalue weighted by atomic mass is 79.9. The van der Waals surface area contributed by atoms with Crippen LogP contribution in [-0.2, 0) is 5.41 Å². The van der Waals surface area contributed by atoms with Crippen LogP contribution in [0.25, 0.3) is 11.1 Å². The number of hydrogen-bond donors (Lipinski definition) is 0. The van der Waals surface area contributed by atoms with Gasteiger partial charge in [0.25, 0.3) is 0 Å². The van der Waals surface area contributed by atoms with Crippen LogP contribution in [0.15, 0.2) is 106 Å². The van der Waals surface area contributed by atoms with Crippen molar-refractivity contribution in [3.05, 3.63) is 128 Å². The molecule has 1 unspecified atom stereocenters. The lowest BCUT2D eigenvalue weighted by molar-refractivity contribution is 0.768. The van der Waals surface area contributed by atoms with E-state index in [4.69, 9.17) is 0 Å². The number of hydrogen-bond acceptors (Lipinski definition) is 0. The molecule has 0 radical (unpaired) electrons. The van der Waals surface area contributed by atoms with Crippen molar-refractivity contribution in [3.63, 3.8) is 0 Å². The normalized spacial score (nSPS) is 17.4. The zero-order valence-corrected chi connectivity index (χ0v) is 17.7. The average molecular weight is 476 g/mol. The van der Waals surface area contributed by atoms with Gasteiger partial charge in [-0.05, 0) is 46.0 Å². The molecule has 0 nitrogen and oxygen atoms in total. The minimum atomic E-state index is -0.322. The Morgan fingerprint density at radius 1 is 0.519 bits per heavy atom. The summed E-state index contributed by atoms with van der Waals surface area (Å²) in [5.74, 6) is 0. The van der Waals surface area contributed by atoms with Crippen LogP contribution < -0.4 is 0 Å². The summed E-state index contributed by atoms with van der Waals surface area (Å²) in [5.41, 5.74) is 7.49. The van der Waals surface area contributed by atoms with Crippen LogP contribution in [0.5, 0.6) is 0 Å². The van der Waals surface area contributed by atoms with Crippen molar-refractivity contribution in [3.8, 4) is 11.1 Å². The van der Waals surface area contributed by atoms with Gasteiger partial charge in [0.05, 0.1) is 5.41 Å². The molecule has 27 heavy (non-hydrogen) atoms. The fourth-order valence-corrected chi connectivity index (χ4v) is 5.30. The Morgan fingerprint density at radius 2 is 1.15 bits per heavy atom. The monoisotopic (exact) mass is 474 g/mol. The van der Waals surface area contributed by atoms with Crippen LogP contribution in [-0.4, -0.2) is 0 Å². The van der Waals surface area contributed by atoms with Crippen LogP contribution in [0.4, 0.5) is 0 Å². The maximum atomic E-state index is 3.82. The lowest BCUT2D eigenvalue weighted by atomic mass is 9.68. The lowest BCUT2D eigenvalue weighted by Crippen LogP contribution is -2.28. The maximum absolute atomic E-state index is 3.82. The van der Waals surface area contributed by atoms with E-state index in [2.05, 4.69) is 129 Å². The van der Waals surface area contributed by atoms with E-state index in [-0.39, 0.29) is 5.41 Å². The molecule has 5 rings (SSSR count). The minimum Gasteiger partial charge on any atom is -0.0622 e. The SMILES string of the molecule is Brc1ccc(C2(c3ccccc3)c3ccccc3-c3c(Br)cccc32)cc1. The van der Waals surface area contributed by atoms with Gasteiger partial charge in [0, 0.05) is 14.5 Å². The molecule has 2 heteroatoms. The van der Waals surface area contributed by atoms with Crippen molar-refractivity contribution in [2.45, 2.75) is 5.41 Å². The molecule has 0 N–H and O–H groups in total. The first-order valence-corrected chi connectivity index (χ1v) is 10.5. The van der Waals surface area contributed by atoms with E-state index in [1.807, 2.05) is 0 Å². The summed E-state index contributed by atoms with van der Waals surface area (Å²) in [6.45, 7) is 0. The Labute approximate surface area is 176 Å². The van der Waals surface area contributed by atoms with Gasteiger partial charge in [-0.15, -0.1) is 0 Å². The van der Waals surface area contributed by atoms with Gasteiger partial charge >= 0.3 is 0 Å². The van der Waals surface area contributed by atoms with E-state index in [0.717, 1.165) is 8.95 Å². The average Bonchev–Trinajstić information content (AvgIpc) is 3.02. The van der Waals surface area contributed by atoms with Crippen LogP contribution in [0.3, 0.4) is 0 Å². The minimum absolute atomic E-state index is 0.322. The Morgan fingerprint density at radius 3 is 1.93 bits per heavy atom. The van der Waals surface area contributed by atoms with Gasteiger partial charge in [0.1, 0.15) is 0 Å². The molecule has 1 aliphatic carbocycles. The van der Waals surface area contributed by atoms with Gasteiger partial charge in [-0.2, -0.15) is 0 Å². The van der Waals surface area contributed by atoms with E-state index < -0.39 is 0 Å². The molecule has 0 fully saturated rings. The fraction of sp³-hybridized carbons (Fsp3) is 0.0400. The molecule has 130 valence electrons. The Bertz CT molecular complexity index is 1130. The molecule has 0 bridgehead atoms. The van der Waals surface area contributed by atoms with Crippen molar-refractivity contribution >= 4 is 31.9 Å². The van der Waals surface area contributed by atoms with E-state index >= 15 is 0 Å². The third-order valence-corrected chi connectivity index (χ3v) is 6.69. The predicted octanol–water partition coefficient (Wildman–Crippen LogP) is 7.57. The molecule has 0 aliphatic heterocycles. The fourth-order valence-electron chi connectivity index (χ4n) is 4.46. The molecule has 1 atom stereocenters. The zero-order chi connectivity index (χ0) is 18.4. The van der Waals surface area contributed by atoms with Crippen molar-refractivity contribution < 1.29 is 0 Å². The second kappa shape index (κ2) is 6.47. The Kier molecular flexibility index (Phi) is 4.07. The first kappa shape index (κ1) is 17.0. The molecule has 0 spiro atoms. The molecule has 1 aliphatic rings. The summed E-state index contributed by atoms with van der Waals surface area (Å²) in [5, 5.41) is 0. The molecular weight excluding hydrogens is 460 g/mol. The number of rotatable bonds is 2. The number of benzene rings is 4. The van der Waals surface area contributed by atoms with Gasteiger partial charge in [0.15, 0.2) is 0 Å². The lowest BCUT2D eigenvalue weighted by Gasteiger charge is -2.33. The Hall–Kier alpha value is -2.16. The molecule has 0 aromatic heterocycles. The second-order valence-corrected chi connectivity index (χ2v) is 8.60. The topological polar surface area (TPSA) is 0 Å². The zero-order valence-electron chi connectivity index (χ0n) is 14.5. The predicted molar refractivity (Wildman–Crippen MR) is 119 cm³/mol. The summed E-state index contributed by atoms with van der Waals surface area (Å²) in [6.07, 6.45) is 0. The summed E-state index contributed by atoms with van der Waals surface area (Å²) < 4.78 is 2.23. The molecule has 0 amide bonds. The molecule has 0 saturated carbocycles. The highest BCUT2D eigenvalue weighted by Gasteiger charge is 2.46. The van der Waals surface area contributed by atoms with Crippen LogP contribution in [0, 0.1) is 0 Å².